The van der Waals surface area contributed by atoms with Crippen molar-refractivity contribution >= 4 is 126 Å². The molecule has 0 bridgehead atoms. The molecule has 0 unspecified atom stereocenters. The van der Waals surface area contributed by atoms with Crippen LogP contribution in [0.5, 0.6) is 0 Å². The summed E-state index contributed by atoms with van der Waals surface area (Å²) in [5.41, 5.74) is -12.5. The fourth-order valence-corrected chi connectivity index (χ4v) is 15.0. The number of nitrogens with one attached hydrogen (secondary N) is 8. The molecule has 0 saturated heterocycles. The molecule has 16 amide bonds. The van der Waals surface area contributed by atoms with Crippen molar-refractivity contribution in [1.29, 1.82) is 0 Å². The largest absolute Gasteiger partial charge is 0.467 e. The van der Waals surface area contributed by atoms with E-state index in [0.717, 1.165) is 65.8 Å². The van der Waals surface area contributed by atoms with E-state index in [1.165, 1.54) is 93.8 Å². The van der Waals surface area contributed by atoms with E-state index in [-0.39, 0.29) is 75.5 Å². The van der Waals surface area contributed by atoms with Gasteiger partial charge in [0.1, 0.15) is 101 Å². The zero-order valence-corrected chi connectivity index (χ0v) is 87.9. The van der Waals surface area contributed by atoms with Crippen molar-refractivity contribution in [2.75, 3.05) is 7.11 Å². The third kappa shape index (κ3) is 36.3. The Morgan fingerprint density at radius 2 is 0.470 bits per heavy atom. The minimum atomic E-state index is -2.63. The molecule has 0 aliphatic carbocycles. The molecular formula is C114H136N12O23. The number of benzene rings is 8. The minimum Gasteiger partial charge on any atom is -0.467 e. The summed E-state index contributed by atoms with van der Waals surface area (Å²) in [6.45, 7) is 26.0. The molecule has 8 N–H and O–H groups in total. The summed E-state index contributed by atoms with van der Waals surface area (Å²) >= 11 is 0. The molecule has 35 nitrogen and oxygen atoms in total. The highest BCUT2D eigenvalue weighted by atomic mass is 16.6. The number of ether oxygens (including phenoxy) is 6. The molecule has 790 valence electrons. The van der Waals surface area contributed by atoms with E-state index in [1.54, 1.807) is 218 Å². The van der Waals surface area contributed by atoms with Gasteiger partial charge in [0.25, 0.3) is 47.3 Å². The van der Waals surface area contributed by atoms with Crippen LogP contribution in [0.15, 0.2) is 265 Å². The summed E-state index contributed by atoms with van der Waals surface area (Å²) in [6, 6.07) is 58.1. The first-order valence-electron chi connectivity index (χ1n) is 48.8. The molecule has 0 saturated carbocycles. The standard InChI is InChI=1S/C114H136N12O23/c1-73(2)61-85(93(127)116-86(62-74(3)4)95(129)118-88(64-76(7)8)100(134)144-20)115-94(128)87(63-75(5)6)117-96(130)89(65-77-45-29-21-30-46-77)123(106(140)145-69-81-53-37-25-38-54-81)101(135)111(12,13)119-97(131)90(66-78-47-31-22-32-48-78)124(107(141)146-70-82-55-39-26-40-56-82)102(136)112(14,15)120-98(132)91(67-79-49-33-23-34-50-79)125(108(142)147-71-83-57-41-27-42-58-83)103(137)113(16,17)121-99(133)92(68-80-51-35-24-36-52-80)126(109(143)148-72-84-59-43-28-44-60-84)104(138)114(18,19)122-105(139)149-110(9,10)11/h21-60,65-68,73-76,85-88H,61-64,69-72H2,1-20H3,(H,115,128)(H,116,127)(H,117,130)(H,118,129)(H,119,131)(H,120,132)(H,121,133)(H,122,139)/b89-65+,90-66+,91-67+,92-68+/t85-,86-,87-,88-/m0/s1. The van der Waals surface area contributed by atoms with Crippen LogP contribution in [0, 0.1) is 23.7 Å². The van der Waals surface area contributed by atoms with Crippen LogP contribution in [-0.2, 0) is 112 Å². The highest BCUT2D eigenvalue weighted by Crippen LogP contribution is 2.31. The van der Waals surface area contributed by atoms with E-state index in [4.69, 9.17) is 28.4 Å². The molecule has 0 fully saturated rings. The van der Waals surface area contributed by atoms with Crippen molar-refractivity contribution in [3.8, 4) is 0 Å². The molecule has 0 radical (unpaired) electrons. The summed E-state index contributed by atoms with van der Waals surface area (Å²) in [5.74, 6) is -15.5. The van der Waals surface area contributed by atoms with Gasteiger partial charge in [0.15, 0.2) is 0 Å². The van der Waals surface area contributed by atoms with Gasteiger partial charge in [0.2, 0.25) is 17.7 Å². The molecule has 0 aliphatic heterocycles. The lowest BCUT2D eigenvalue weighted by Gasteiger charge is -2.36. The fraction of sp³-hybridized carbons (Fsp3) is 0.360. The minimum absolute atomic E-state index is 0.0110. The van der Waals surface area contributed by atoms with Crippen LogP contribution >= 0.6 is 0 Å². The lowest BCUT2D eigenvalue weighted by Crippen LogP contribution is -2.63. The van der Waals surface area contributed by atoms with Gasteiger partial charge in [-0.15, -0.1) is 0 Å². The number of hydrogen-bond donors (Lipinski definition) is 8. The topological polar surface area (TPSA) is 455 Å². The molecule has 35 heteroatoms. The van der Waals surface area contributed by atoms with E-state index < -0.39 is 208 Å². The van der Waals surface area contributed by atoms with Crippen molar-refractivity contribution in [2.45, 2.75) is 236 Å². The number of esters is 1. The second-order valence-electron chi connectivity index (χ2n) is 40.2. The van der Waals surface area contributed by atoms with E-state index in [2.05, 4.69) is 42.5 Å². The monoisotopic (exact) mass is 2040 g/mol. The summed E-state index contributed by atoms with van der Waals surface area (Å²) in [5, 5.41) is 21.2. The molecule has 4 atom stereocenters. The number of imide groups is 4. The van der Waals surface area contributed by atoms with Crippen molar-refractivity contribution in [3.63, 3.8) is 0 Å². The van der Waals surface area contributed by atoms with Crippen molar-refractivity contribution in [3.05, 3.63) is 310 Å². The van der Waals surface area contributed by atoms with E-state index >= 15 is 62.3 Å². The van der Waals surface area contributed by atoms with Crippen LogP contribution in [0.2, 0.25) is 0 Å². The number of rotatable bonds is 44. The van der Waals surface area contributed by atoms with Gasteiger partial charge in [-0.2, -0.15) is 0 Å². The summed E-state index contributed by atoms with van der Waals surface area (Å²) in [7, 11) is 1.19. The van der Waals surface area contributed by atoms with Crippen LogP contribution in [0.25, 0.3) is 24.3 Å². The predicted molar refractivity (Wildman–Crippen MR) is 559 cm³/mol. The zero-order valence-electron chi connectivity index (χ0n) is 87.9. The molecule has 0 aromatic heterocycles. The summed E-state index contributed by atoms with van der Waals surface area (Å²) in [6.07, 6.45) is -2.84. The second-order valence-corrected chi connectivity index (χ2v) is 40.2. The molecular weight excluding hydrogens is 1910 g/mol. The van der Waals surface area contributed by atoms with Crippen LogP contribution in [0.3, 0.4) is 0 Å². The third-order valence-corrected chi connectivity index (χ3v) is 22.4. The Morgan fingerprint density at radius 1 is 0.268 bits per heavy atom. The average Bonchev–Trinajstić information content (AvgIpc) is 0.776. The Labute approximate surface area is 869 Å². The molecule has 149 heavy (non-hydrogen) atoms. The van der Waals surface area contributed by atoms with Gasteiger partial charge in [-0.1, -0.05) is 298 Å². The Kier molecular flexibility index (Phi) is 43.2. The van der Waals surface area contributed by atoms with E-state index in [9.17, 15) is 19.2 Å². The average molecular weight is 2040 g/mol. The van der Waals surface area contributed by atoms with Crippen LogP contribution < -0.4 is 42.5 Å². The van der Waals surface area contributed by atoms with Gasteiger partial charge in [0, 0.05) is 0 Å². The van der Waals surface area contributed by atoms with E-state index in [0.29, 0.717) is 32.1 Å². The molecule has 0 heterocycles. The molecule has 0 aliphatic rings. The van der Waals surface area contributed by atoms with Crippen LogP contribution in [-0.4, -0.2) is 180 Å². The van der Waals surface area contributed by atoms with E-state index in [1.807, 2.05) is 27.7 Å². The lowest BCUT2D eigenvalue weighted by atomic mass is 9.98. The van der Waals surface area contributed by atoms with Crippen molar-refractivity contribution < 1.29 is 110 Å². The first-order chi connectivity index (χ1) is 70.3. The molecule has 0 spiro atoms. The maximum absolute atomic E-state index is 16.6. The first-order valence-corrected chi connectivity index (χ1v) is 48.8. The Morgan fingerprint density at radius 3 is 0.691 bits per heavy atom. The van der Waals surface area contributed by atoms with Crippen molar-refractivity contribution in [2.24, 2.45) is 23.7 Å². The zero-order chi connectivity index (χ0) is 110. The number of amides is 16. The number of hydrogen-bond acceptors (Lipinski definition) is 23. The second kappa shape index (κ2) is 54.6. The third-order valence-electron chi connectivity index (χ3n) is 22.4. The smallest absolute Gasteiger partial charge is 0.421 e. The van der Waals surface area contributed by atoms with Crippen LogP contribution in [0.1, 0.15) is 202 Å². The molecule has 8 aromatic carbocycles. The van der Waals surface area contributed by atoms with Gasteiger partial charge >= 0.3 is 36.4 Å². The number of alkyl carbamates (subject to hydrolysis) is 1. The maximum Gasteiger partial charge on any atom is 0.421 e. The number of carbonyl (C=O) groups is 17. The van der Waals surface area contributed by atoms with Gasteiger partial charge < -0.3 is 71.0 Å². The first kappa shape index (κ1) is 118. The quantitative estimate of drug-likeness (QED) is 0.00998. The summed E-state index contributed by atoms with van der Waals surface area (Å²) in [4.78, 5) is 263. The maximum atomic E-state index is 16.6. The SMILES string of the molecule is COC(=O)[C@H](CC(C)C)NC(=O)[C@H](CC(C)C)NC(=O)[C@H](CC(C)C)NC(=O)[C@H](CC(C)C)NC(=O)/C(=C\c1ccccc1)N(C(=O)OCc1ccccc1)C(=O)C(C)(C)NC(=O)/C(=C\c1ccccc1)N(C(=O)OCc1ccccc1)C(=O)C(C)(C)NC(=O)/C(=C\c1ccccc1)N(C(=O)OCc1ccccc1)C(=O)C(C)(C)NC(=O)/C(=C\c1ccccc1)N(C(=O)OCc1ccccc1)C(=O)C(C)(C)NC(=O)OC(C)(C)C. The molecule has 8 rings (SSSR count). The highest BCUT2D eigenvalue weighted by Gasteiger charge is 2.50. The van der Waals surface area contributed by atoms with Gasteiger partial charge in [0.05, 0.1) is 7.11 Å². The number of methoxy groups -OCH3 is 1. The molecule has 8 aromatic rings. The fourth-order valence-electron chi connectivity index (χ4n) is 15.0. The lowest BCUT2D eigenvalue weighted by molar-refractivity contribution is -0.146. The predicted octanol–water partition coefficient (Wildman–Crippen LogP) is 16.1. The Bertz CT molecular complexity index is 6150. The number of carbonyl (C=O) groups excluding carboxylic acids is 17. The van der Waals surface area contributed by atoms with Crippen LogP contribution in [0.4, 0.5) is 24.0 Å². The Hall–Kier alpha value is -16.5. The van der Waals surface area contributed by atoms with Crippen molar-refractivity contribution in [1.82, 2.24) is 62.1 Å². The normalized spacial score (nSPS) is 12.9. The number of nitrogens with zero attached hydrogens (tertiary/aromatic N) is 4. The van der Waals surface area contributed by atoms with Gasteiger partial charge in [-0.25, -0.2) is 48.4 Å². The van der Waals surface area contributed by atoms with Gasteiger partial charge in [-0.05, 0) is 194 Å². The highest BCUT2D eigenvalue weighted by molar-refractivity contribution is 6.17. The summed E-state index contributed by atoms with van der Waals surface area (Å²) < 4.78 is 34.1. The van der Waals surface area contributed by atoms with Gasteiger partial charge in [-0.3, -0.25) is 52.7 Å². The Balaban J connectivity index is 1.25.